The van der Waals surface area contributed by atoms with E-state index in [0.29, 0.717) is 17.7 Å². The second-order valence-corrected chi connectivity index (χ2v) is 5.63. The van der Waals surface area contributed by atoms with Crippen molar-refractivity contribution in [3.63, 3.8) is 0 Å². The molecule has 2 aromatic rings. The van der Waals surface area contributed by atoms with Crippen LogP contribution in [0.1, 0.15) is 41.9 Å². The summed E-state index contributed by atoms with van der Waals surface area (Å²) < 4.78 is 1.74. The molecular formula is C15H19N5O. The highest BCUT2D eigenvalue weighted by Crippen LogP contribution is 2.17. The zero-order valence-corrected chi connectivity index (χ0v) is 12.2. The summed E-state index contributed by atoms with van der Waals surface area (Å²) in [6.07, 6.45) is 1.70. The third-order valence-corrected chi connectivity index (χ3v) is 3.71. The van der Waals surface area contributed by atoms with E-state index in [-0.39, 0.29) is 5.91 Å². The first-order valence-corrected chi connectivity index (χ1v) is 7.17. The van der Waals surface area contributed by atoms with Gasteiger partial charge < -0.3 is 10.6 Å². The molecule has 0 bridgehead atoms. The van der Waals surface area contributed by atoms with E-state index in [9.17, 15) is 4.79 Å². The van der Waals surface area contributed by atoms with E-state index < -0.39 is 0 Å². The molecule has 0 spiro atoms. The van der Waals surface area contributed by atoms with Crippen molar-refractivity contribution >= 4 is 11.6 Å². The van der Waals surface area contributed by atoms with Gasteiger partial charge in [-0.1, -0.05) is 31.2 Å². The number of rotatable bonds is 4. The molecule has 1 saturated heterocycles. The lowest BCUT2D eigenvalue weighted by atomic mass is 10.0. The average molecular weight is 285 g/mol. The molecule has 0 atom stereocenters. The summed E-state index contributed by atoms with van der Waals surface area (Å²) >= 11 is 0. The molecule has 1 amide bonds. The first-order chi connectivity index (χ1) is 10.1. The minimum atomic E-state index is -0.231. The van der Waals surface area contributed by atoms with Crippen LogP contribution in [0.4, 0.5) is 5.69 Å². The molecule has 2 heterocycles. The SMILES string of the molecule is CC(C)c1ccc(NC(=O)c2cn(C3CNC3)nn2)cc1. The zero-order chi connectivity index (χ0) is 14.8. The number of amides is 1. The van der Waals surface area contributed by atoms with Crippen molar-refractivity contribution in [2.75, 3.05) is 18.4 Å². The highest BCUT2D eigenvalue weighted by atomic mass is 16.2. The van der Waals surface area contributed by atoms with Gasteiger partial charge in [-0.15, -0.1) is 5.10 Å². The van der Waals surface area contributed by atoms with E-state index in [4.69, 9.17) is 0 Å². The standard InChI is InChI=1S/C15H19N5O/c1-10(2)11-3-5-12(6-4-11)17-15(21)14-9-20(19-18-14)13-7-16-8-13/h3-6,9-10,13,16H,7-8H2,1-2H3,(H,17,21). The number of carbonyl (C=O) groups excluding carboxylic acids is 1. The van der Waals surface area contributed by atoms with E-state index in [1.165, 1.54) is 5.56 Å². The average Bonchev–Trinajstić information content (AvgIpc) is 2.86. The van der Waals surface area contributed by atoms with Gasteiger partial charge in [-0.25, -0.2) is 4.68 Å². The van der Waals surface area contributed by atoms with Crippen LogP contribution in [0.3, 0.4) is 0 Å². The molecule has 1 aromatic heterocycles. The highest BCUT2D eigenvalue weighted by molar-refractivity contribution is 6.02. The van der Waals surface area contributed by atoms with Gasteiger partial charge in [-0.3, -0.25) is 4.79 Å². The van der Waals surface area contributed by atoms with Gasteiger partial charge in [0.2, 0.25) is 0 Å². The lowest BCUT2D eigenvalue weighted by Gasteiger charge is -2.26. The Kier molecular flexibility index (Phi) is 3.70. The van der Waals surface area contributed by atoms with Crippen LogP contribution in [0.5, 0.6) is 0 Å². The number of carbonyl (C=O) groups is 1. The van der Waals surface area contributed by atoms with Crippen LogP contribution in [0.25, 0.3) is 0 Å². The molecule has 1 aliphatic rings. The van der Waals surface area contributed by atoms with E-state index in [1.54, 1.807) is 10.9 Å². The van der Waals surface area contributed by atoms with Gasteiger partial charge >= 0.3 is 0 Å². The summed E-state index contributed by atoms with van der Waals surface area (Å²) in [5.41, 5.74) is 2.36. The lowest BCUT2D eigenvalue weighted by Crippen LogP contribution is -2.43. The van der Waals surface area contributed by atoms with Gasteiger partial charge in [0, 0.05) is 18.8 Å². The Morgan fingerprint density at radius 3 is 2.62 bits per heavy atom. The number of hydrogen-bond acceptors (Lipinski definition) is 4. The molecular weight excluding hydrogens is 266 g/mol. The second-order valence-electron chi connectivity index (χ2n) is 5.63. The Labute approximate surface area is 123 Å². The number of nitrogens with one attached hydrogen (secondary N) is 2. The van der Waals surface area contributed by atoms with Crippen molar-refractivity contribution in [1.29, 1.82) is 0 Å². The van der Waals surface area contributed by atoms with Crippen LogP contribution < -0.4 is 10.6 Å². The summed E-state index contributed by atoms with van der Waals surface area (Å²) in [6, 6.07) is 8.18. The number of aromatic nitrogens is 3. The lowest BCUT2D eigenvalue weighted by molar-refractivity contribution is 0.102. The van der Waals surface area contributed by atoms with Gasteiger partial charge in [0.15, 0.2) is 5.69 Å². The topological polar surface area (TPSA) is 71.8 Å². The molecule has 6 heteroatoms. The molecule has 2 N–H and O–H groups in total. The zero-order valence-electron chi connectivity index (χ0n) is 12.2. The smallest absolute Gasteiger partial charge is 0.277 e. The number of benzene rings is 1. The molecule has 0 aliphatic carbocycles. The van der Waals surface area contributed by atoms with Gasteiger partial charge in [0.05, 0.1) is 12.2 Å². The second kappa shape index (κ2) is 5.65. The molecule has 1 fully saturated rings. The largest absolute Gasteiger partial charge is 0.321 e. The fourth-order valence-corrected chi connectivity index (χ4v) is 2.17. The summed E-state index contributed by atoms with van der Waals surface area (Å²) in [5, 5.41) is 13.9. The molecule has 0 unspecified atom stereocenters. The number of anilines is 1. The van der Waals surface area contributed by atoms with Crippen LogP contribution in [0, 0.1) is 0 Å². The van der Waals surface area contributed by atoms with Crippen LogP contribution >= 0.6 is 0 Å². The Morgan fingerprint density at radius 1 is 1.33 bits per heavy atom. The maximum absolute atomic E-state index is 12.1. The van der Waals surface area contributed by atoms with Crippen LogP contribution in [0.15, 0.2) is 30.5 Å². The Balaban J connectivity index is 1.66. The maximum Gasteiger partial charge on any atom is 0.277 e. The molecule has 1 aliphatic heterocycles. The summed E-state index contributed by atoms with van der Waals surface area (Å²) in [4.78, 5) is 12.1. The predicted molar refractivity (Wildman–Crippen MR) is 80.4 cm³/mol. The van der Waals surface area contributed by atoms with Gasteiger partial charge in [0.1, 0.15) is 0 Å². The summed E-state index contributed by atoms with van der Waals surface area (Å²) in [5.74, 6) is 0.247. The fourth-order valence-electron chi connectivity index (χ4n) is 2.17. The Morgan fingerprint density at radius 2 is 2.05 bits per heavy atom. The molecule has 21 heavy (non-hydrogen) atoms. The van der Waals surface area contributed by atoms with Crippen LogP contribution in [-0.4, -0.2) is 34.0 Å². The molecule has 3 rings (SSSR count). The van der Waals surface area contributed by atoms with Gasteiger partial charge in [0.25, 0.3) is 5.91 Å². The van der Waals surface area contributed by atoms with E-state index in [0.717, 1.165) is 18.8 Å². The summed E-state index contributed by atoms with van der Waals surface area (Å²) in [7, 11) is 0. The van der Waals surface area contributed by atoms with Crippen molar-refractivity contribution in [2.45, 2.75) is 25.8 Å². The molecule has 6 nitrogen and oxygen atoms in total. The van der Waals surface area contributed by atoms with Gasteiger partial charge in [-0.2, -0.15) is 0 Å². The maximum atomic E-state index is 12.1. The quantitative estimate of drug-likeness (QED) is 0.898. The van der Waals surface area contributed by atoms with Crippen molar-refractivity contribution in [3.05, 3.63) is 41.7 Å². The molecule has 0 saturated carbocycles. The van der Waals surface area contributed by atoms with Crippen molar-refractivity contribution < 1.29 is 4.79 Å². The van der Waals surface area contributed by atoms with Crippen molar-refractivity contribution in [2.24, 2.45) is 0 Å². The fraction of sp³-hybridized carbons (Fsp3) is 0.400. The first kappa shape index (κ1) is 13.8. The van der Waals surface area contributed by atoms with Crippen molar-refractivity contribution in [1.82, 2.24) is 20.3 Å². The third kappa shape index (κ3) is 2.95. The van der Waals surface area contributed by atoms with Crippen LogP contribution in [-0.2, 0) is 0 Å². The Hall–Kier alpha value is -2.21. The number of hydrogen-bond donors (Lipinski definition) is 2. The highest BCUT2D eigenvalue weighted by Gasteiger charge is 2.21. The number of nitrogens with zero attached hydrogens (tertiary/aromatic N) is 3. The third-order valence-electron chi connectivity index (χ3n) is 3.71. The minimum Gasteiger partial charge on any atom is -0.321 e. The van der Waals surface area contributed by atoms with Crippen molar-refractivity contribution in [3.8, 4) is 0 Å². The van der Waals surface area contributed by atoms with E-state index in [2.05, 4.69) is 34.8 Å². The van der Waals surface area contributed by atoms with Crippen LogP contribution in [0.2, 0.25) is 0 Å². The molecule has 110 valence electrons. The predicted octanol–water partition coefficient (Wildman–Crippen LogP) is 1.80. The molecule has 0 radical (unpaired) electrons. The van der Waals surface area contributed by atoms with E-state index in [1.807, 2.05) is 24.3 Å². The monoisotopic (exact) mass is 285 g/mol. The normalized spacial score (nSPS) is 15.0. The summed E-state index contributed by atoms with van der Waals surface area (Å²) in [6.45, 7) is 6.03. The Bertz CT molecular complexity index is 628. The van der Waals surface area contributed by atoms with E-state index >= 15 is 0 Å². The van der Waals surface area contributed by atoms with Gasteiger partial charge in [-0.05, 0) is 23.6 Å². The first-order valence-electron chi connectivity index (χ1n) is 7.17. The minimum absolute atomic E-state index is 0.231. The molecule has 1 aromatic carbocycles.